The van der Waals surface area contributed by atoms with Gasteiger partial charge < -0.3 is 11.1 Å². The topological polar surface area (TPSA) is 38.0 Å². The Morgan fingerprint density at radius 1 is 1.13 bits per heavy atom. The van der Waals surface area contributed by atoms with Gasteiger partial charge >= 0.3 is 0 Å². The average molecular weight is 210 g/mol. The molecule has 2 saturated carbocycles. The molecule has 88 valence electrons. The van der Waals surface area contributed by atoms with E-state index in [0.29, 0.717) is 12.1 Å². The fourth-order valence-corrected chi connectivity index (χ4v) is 3.47. The predicted octanol–water partition coefficient (Wildman–Crippen LogP) is 2.28. The van der Waals surface area contributed by atoms with Crippen molar-refractivity contribution in [2.24, 2.45) is 17.6 Å². The Bertz CT molecular complexity index is 187. The van der Waals surface area contributed by atoms with Crippen LogP contribution in [0, 0.1) is 11.8 Å². The van der Waals surface area contributed by atoms with Crippen molar-refractivity contribution in [3.8, 4) is 0 Å². The van der Waals surface area contributed by atoms with Crippen LogP contribution in [0.5, 0.6) is 0 Å². The SMILES string of the molecule is C[C@H](NC1CCCC1CN)C1CCCC1. The molecule has 2 heteroatoms. The lowest BCUT2D eigenvalue weighted by atomic mass is 9.96. The van der Waals surface area contributed by atoms with Gasteiger partial charge in [-0.05, 0) is 51.0 Å². The fourth-order valence-electron chi connectivity index (χ4n) is 3.47. The second-order valence-corrected chi connectivity index (χ2v) is 5.53. The summed E-state index contributed by atoms with van der Waals surface area (Å²) in [6.45, 7) is 3.25. The van der Waals surface area contributed by atoms with Crippen LogP contribution in [0.2, 0.25) is 0 Å². The molecule has 2 nitrogen and oxygen atoms in total. The Morgan fingerprint density at radius 3 is 2.53 bits per heavy atom. The number of hydrogen-bond acceptors (Lipinski definition) is 2. The average Bonchev–Trinajstić information content (AvgIpc) is 2.87. The number of rotatable bonds is 4. The van der Waals surface area contributed by atoms with Gasteiger partial charge in [0, 0.05) is 12.1 Å². The van der Waals surface area contributed by atoms with E-state index >= 15 is 0 Å². The maximum Gasteiger partial charge on any atom is 0.0110 e. The molecular weight excluding hydrogens is 184 g/mol. The third kappa shape index (κ3) is 2.73. The van der Waals surface area contributed by atoms with Gasteiger partial charge in [0.05, 0.1) is 0 Å². The minimum absolute atomic E-state index is 0.713. The summed E-state index contributed by atoms with van der Waals surface area (Å²) in [6.07, 6.45) is 9.83. The lowest BCUT2D eigenvalue weighted by molar-refractivity contribution is 0.305. The lowest BCUT2D eigenvalue weighted by Gasteiger charge is -2.27. The van der Waals surface area contributed by atoms with E-state index in [0.717, 1.165) is 18.4 Å². The Labute approximate surface area is 94.0 Å². The molecule has 0 amide bonds. The molecule has 2 fully saturated rings. The molecule has 0 aromatic rings. The first-order valence-corrected chi connectivity index (χ1v) is 6.77. The molecule has 2 rings (SSSR count). The quantitative estimate of drug-likeness (QED) is 0.747. The molecule has 0 aromatic heterocycles. The minimum atomic E-state index is 0.713. The molecule has 3 N–H and O–H groups in total. The van der Waals surface area contributed by atoms with E-state index in [4.69, 9.17) is 5.73 Å². The van der Waals surface area contributed by atoms with Crippen LogP contribution in [0.1, 0.15) is 51.9 Å². The van der Waals surface area contributed by atoms with Gasteiger partial charge in [0.25, 0.3) is 0 Å². The molecule has 15 heavy (non-hydrogen) atoms. The van der Waals surface area contributed by atoms with E-state index in [-0.39, 0.29) is 0 Å². The van der Waals surface area contributed by atoms with Gasteiger partial charge in [0.1, 0.15) is 0 Å². The number of nitrogens with two attached hydrogens (primary N) is 1. The van der Waals surface area contributed by atoms with Crippen LogP contribution in [0.4, 0.5) is 0 Å². The zero-order valence-electron chi connectivity index (χ0n) is 10.0. The van der Waals surface area contributed by atoms with Crippen molar-refractivity contribution in [1.29, 1.82) is 0 Å². The van der Waals surface area contributed by atoms with Gasteiger partial charge in [0.15, 0.2) is 0 Å². The summed E-state index contributed by atoms with van der Waals surface area (Å²) in [4.78, 5) is 0. The van der Waals surface area contributed by atoms with Crippen molar-refractivity contribution < 1.29 is 0 Å². The van der Waals surface area contributed by atoms with Gasteiger partial charge in [-0.1, -0.05) is 19.3 Å². The highest BCUT2D eigenvalue weighted by atomic mass is 15.0. The zero-order chi connectivity index (χ0) is 10.7. The molecule has 2 aliphatic carbocycles. The van der Waals surface area contributed by atoms with Crippen LogP contribution < -0.4 is 11.1 Å². The molecule has 0 aromatic carbocycles. The summed E-state index contributed by atoms with van der Waals surface area (Å²) in [6, 6.07) is 1.43. The Balaban J connectivity index is 1.79. The summed E-state index contributed by atoms with van der Waals surface area (Å²) in [5.74, 6) is 1.68. The van der Waals surface area contributed by atoms with Gasteiger partial charge in [-0.3, -0.25) is 0 Å². The molecule has 2 aliphatic rings. The highest BCUT2D eigenvalue weighted by Gasteiger charge is 2.29. The van der Waals surface area contributed by atoms with Crippen LogP contribution in [0.25, 0.3) is 0 Å². The lowest BCUT2D eigenvalue weighted by Crippen LogP contribution is -2.43. The predicted molar refractivity (Wildman–Crippen MR) is 64.7 cm³/mol. The van der Waals surface area contributed by atoms with Crippen molar-refractivity contribution in [1.82, 2.24) is 5.32 Å². The van der Waals surface area contributed by atoms with E-state index in [1.165, 1.54) is 44.9 Å². The third-order valence-corrected chi connectivity index (χ3v) is 4.55. The first kappa shape index (κ1) is 11.4. The van der Waals surface area contributed by atoms with E-state index in [9.17, 15) is 0 Å². The molecule has 2 unspecified atom stereocenters. The van der Waals surface area contributed by atoms with Crippen LogP contribution >= 0.6 is 0 Å². The Morgan fingerprint density at radius 2 is 1.87 bits per heavy atom. The maximum atomic E-state index is 5.81. The van der Waals surface area contributed by atoms with Gasteiger partial charge in [-0.2, -0.15) is 0 Å². The van der Waals surface area contributed by atoms with E-state index in [1.807, 2.05) is 0 Å². The first-order chi connectivity index (χ1) is 7.31. The third-order valence-electron chi connectivity index (χ3n) is 4.55. The van der Waals surface area contributed by atoms with Crippen molar-refractivity contribution in [2.75, 3.05) is 6.54 Å². The van der Waals surface area contributed by atoms with Crippen LogP contribution in [-0.2, 0) is 0 Å². The normalized spacial score (nSPS) is 34.8. The Kier molecular flexibility index (Phi) is 4.04. The fraction of sp³-hybridized carbons (Fsp3) is 1.00. The van der Waals surface area contributed by atoms with Crippen molar-refractivity contribution in [3.05, 3.63) is 0 Å². The van der Waals surface area contributed by atoms with Crippen LogP contribution in [-0.4, -0.2) is 18.6 Å². The van der Waals surface area contributed by atoms with Crippen LogP contribution in [0.3, 0.4) is 0 Å². The molecule has 0 bridgehead atoms. The van der Waals surface area contributed by atoms with E-state index in [1.54, 1.807) is 0 Å². The summed E-state index contributed by atoms with van der Waals surface area (Å²) in [7, 11) is 0. The molecule has 0 radical (unpaired) electrons. The number of hydrogen-bond donors (Lipinski definition) is 2. The largest absolute Gasteiger partial charge is 0.330 e. The zero-order valence-corrected chi connectivity index (χ0v) is 10.0. The van der Waals surface area contributed by atoms with E-state index in [2.05, 4.69) is 12.2 Å². The monoisotopic (exact) mass is 210 g/mol. The second-order valence-electron chi connectivity index (χ2n) is 5.53. The summed E-state index contributed by atoms with van der Waals surface area (Å²) in [5.41, 5.74) is 5.81. The van der Waals surface area contributed by atoms with Crippen molar-refractivity contribution in [3.63, 3.8) is 0 Å². The highest BCUT2D eigenvalue weighted by Crippen LogP contribution is 2.30. The minimum Gasteiger partial charge on any atom is -0.330 e. The summed E-state index contributed by atoms with van der Waals surface area (Å²) >= 11 is 0. The maximum absolute atomic E-state index is 5.81. The highest BCUT2D eigenvalue weighted by molar-refractivity contribution is 4.88. The summed E-state index contributed by atoms with van der Waals surface area (Å²) in [5, 5.41) is 3.84. The van der Waals surface area contributed by atoms with Gasteiger partial charge in [-0.25, -0.2) is 0 Å². The smallest absolute Gasteiger partial charge is 0.0110 e. The molecule has 0 aliphatic heterocycles. The van der Waals surface area contributed by atoms with Gasteiger partial charge in [0.2, 0.25) is 0 Å². The molecule has 0 spiro atoms. The van der Waals surface area contributed by atoms with Crippen molar-refractivity contribution >= 4 is 0 Å². The Hall–Kier alpha value is -0.0800. The standard InChI is InChI=1S/C13H26N2/c1-10(11-5-2-3-6-11)15-13-8-4-7-12(13)9-14/h10-13,15H,2-9,14H2,1H3/t10-,12?,13?/m0/s1. The van der Waals surface area contributed by atoms with Crippen LogP contribution in [0.15, 0.2) is 0 Å². The molecule has 3 atom stereocenters. The van der Waals surface area contributed by atoms with Gasteiger partial charge in [-0.15, -0.1) is 0 Å². The second kappa shape index (κ2) is 5.31. The first-order valence-electron chi connectivity index (χ1n) is 6.77. The summed E-state index contributed by atoms with van der Waals surface area (Å²) < 4.78 is 0. The van der Waals surface area contributed by atoms with Crippen molar-refractivity contribution in [2.45, 2.75) is 64.0 Å². The van der Waals surface area contributed by atoms with E-state index < -0.39 is 0 Å². The molecular formula is C13H26N2. The molecule has 0 heterocycles. The number of nitrogens with one attached hydrogen (secondary N) is 1. The molecule has 0 saturated heterocycles.